The van der Waals surface area contributed by atoms with Crippen LogP contribution in [0.1, 0.15) is 75.7 Å². The number of ketones is 1. The van der Waals surface area contributed by atoms with Gasteiger partial charge in [-0.25, -0.2) is 9.69 Å². The molecule has 0 unspecified atom stereocenters. The van der Waals surface area contributed by atoms with Crippen LogP contribution in [0.3, 0.4) is 0 Å². The highest BCUT2D eigenvalue weighted by Crippen LogP contribution is 2.68. The molecule has 2 bridgehead atoms. The topological polar surface area (TPSA) is 110 Å². The number of Topliss-reactive ketones (excluding diaryl/α,β-unsaturated/α-hetero) is 1. The SMILES string of the molecule is C=C[C@]1(C)C[C@@H](OC(=O)N2CCc3ccc(N)cc3C2=O)[C@]2(C)[C@H](C)CC[C@]3(CCC(=O)[C@H]32)[C@@H](C)[C@@H]1O. The molecule has 5 rings (SSSR count). The van der Waals surface area contributed by atoms with Crippen molar-refractivity contribution >= 4 is 23.5 Å². The van der Waals surface area contributed by atoms with Gasteiger partial charge in [0, 0.05) is 41.0 Å². The average Bonchev–Trinajstić information content (AvgIpc) is 3.23. The highest BCUT2D eigenvalue weighted by Gasteiger charge is 2.68. The van der Waals surface area contributed by atoms with E-state index in [1.165, 1.54) is 0 Å². The third kappa shape index (κ3) is 3.60. The monoisotopic (exact) mass is 508 g/mol. The predicted octanol–water partition coefficient (Wildman–Crippen LogP) is 4.77. The molecule has 4 aliphatic rings. The van der Waals surface area contributed by atoms with Crippen molar-refractivity contribution in [2.24, 2.45) is 34.0 Å². The molecule has 2 amide bonds. The fourth-order valence-corrected chi connectivity index (χ4v) is 8.35. The number of aliphatic hydroxyl groups is 1. The van der Waals surface area contributed by atoms with E-state index in [0.717, 1.165) is 29.7 Å². The highest BCUT2D eigenvalue weighted by molar-refractivity contribution is 6.05. The van der Waals surface area contributed by atoms with Crippen LogP contribution in [0.4, 0.5) is 10.5 Å². The molecule has 7 heteroatoms. The van der Waals surface area contributed by atoms with Gasteiger partial charge in [-0.15, -0.1) is 6.58 Å². The summed E-state index contributed by atoms with van der Waals surface area (Å²) >= 11 is 0. The normalized spacial score (nSPS) is 41.3. The number of anilines is 1. The van der Waals surface area contributed by atoms with Gasteiger partial charge in [-0.05, 0) is 67.1 Å². The molecule has 0 aromatic heterocycles. The van der Waals surface area contributed by atoms with Crippen molar-refractivity contribution in [3.63, 3.8) is 0 Å². The molecule has 8 atom stereocenters. The number of benzene rings is 1. The minimum Gasteiger partial charge on any atom is -0.445 e. The molecule has 3 fully saturated rings. The lowest BCUT2D eigenvalue weighted by atomic mass is 9.44. The Balaban J connectivity index is 1.55. The summed E-state index contributed by atoms with van der Waals surface area (Å²) in [5.74, 6) is -0.494. The van der Waals surface area contributed by atoms with Crippen molar-refractivity contribution in [2.45, 2.75) is 78.4 Å². The molecule has 1 aliphatic heterocycles. The van der Waals surface area contributed by atoms with Crippen LogP contribution < -0.4 is 5.73 Å². The van der Waals surface area contributed by atoms with Gasteiger partial charge in [0.25, 0.3) is 5.91 Å². The van der Waals surface area contributed by atoms with Gasteiger partial charge in [0.15, 0.2) is 0 Å². The maximum Gasteiger partial charge on any atom is 0.417 e. The Morgan fingerprint density at radius 2 is 1.95 bits per heavy atom. The number of hydrogen-bond acceptors (Lipinski definition) is 6. The average molecular weight is 509 g/mol. The second-order valence-corrected chi connectivity index (χ2v) is 12.6. The van der Waals surface area contributed by atoms with Crippen molar-refractivity contribution in [2.75, 3.05) is 12.3 Å². The Hall–Kier alpha value is -2.67. The van der Waals surface area contributed by atoms with E-state index in [9.17, 15) is 19.5 Å². The Morgan fingerprint density at radius 3 is 2.65 bits per heavy atom. The van der Waals surface area contributed by atoms with Gasteiger partial charge < -0.3 is 15.6 Å². The van der Waals surface area contributed by atoms with Gasteiger partial charge in [0.05, 0.1) is 6.10 Å². The molecule has 37 heavy (non-hydrogen) atoms. The van der Waals surface area contributed by atoms with Crippen LogP contribution in [0.25, 0.3) is 0 Å². The molecule has 3 aliphatic carbocycles. The zero-order valence-corrected chi connectivity index (χ0v) is 22.5. The van der Waals surface area contributed by atoms with E-state index >= 15 is 0 Å². The molecule has 1 heterocycles. The summed E-state index contributed by atoms with van der Waals surface area (Å²) in [5.41, 5.74) is 5.97. The number of nitrogen functional groups attached to an aromatic ring is 1. The third-order valence-corrected chi connectivity index (χ3v) is 11.0. The lowest BCUT2D eigenvalue weighted by Gasteiger charge is -2.61. The number of aliphatic hydroxyl groups excluding tert-OH is 1. The molecule has 1 aromatic rings. The maximum absolute atomic E-state index is 13.7. The number of fused-ring (bicyclic) bond motifs is 1. The summed E-state index contributed by atoms with van der Waals surface area (Å²) in [7, 11) is 0. The first-order chi connectivity index (χ1) is 17.4. The summed E-state index contributed by atoms with van der Waals surface area (Å²) < 4.78 is 6.30. The molecule has 3 N–H and O–H groups in total. The number of imide groups is 1. The van der Waals surface area contributed by atoms with Crippen LogP contribution in [-0.4, -0.2) is 46.5 Å². The second kappa shape index (κ2) is 8.69. The summed E-state index contributed by atoms with van der Waals surface area (Å²) in [6.07, 6.45) is 3.53. The number of amides is 2. The Morgan fingerprint density at radius 1 is 1.22 bits per heavy atom. The Bertz CT molecular complexity index is 1160. The second-order valence-electron chi connectivity index (χ2n) is 12.6. The van der Waals surface area contributed by atoms with Crippen LogP contribution in [-0.2, 0) is 16.0 Å². The van der Waals surface area contributed by atoms with Gasteiger partial charge in [-0.1, -0.05) is 39.8 Å². The molecular formula is C30H40N2O5. The molecule has 1 aromatic carbocycles. The fourth-order valence-electron chi connectivity index (χ4n) is 8.35. The maximum atomic E-state index is 13.7. The molecule has 0 spiro atoms. The van der Waals surface area contributed by atoms with E-state index in [1.807, 2.05) is 13.0 Å². The third-order valence-electron chi connectivity index (χ3n) is 11.0. The van der Waals surface area contributed by atoms with E-state index in [4.69, 9.17) is 10.5 Å². The van der Waals surface area contributed by atoms with Gasteiger partial charge in [0.1, 0.15) is 11.9 Å². The zero-order valence-electron chi connectivity index (χ0n) is 22.5. The van der Waals surface area contributed by atoms with Crippen molar-refractivity contribution in [1.82, 2.24) is 4.90 Å². The number of nitrogens with zero attached hydrogens (tertiary/aromatic N) is 1. The number of carbonyl (C=O) groups excluding carboxylic acids is 3. The Labute approximate surface area is 219 Å². The number of hydrogen-bond donors (Lipinski definition) is 2. The zero-order chi connectivity index (χ0) is 26.9. The summed E-state index contributed by atoms with van der Waals surface area (Å²) in [4.78, 5) is 41.7. The van der Waals surface area contributed by atoms with E-state index in [-0.39, 0.29) is 35.5 Å². The molecule has 200 valence electrons. The van der Waals surface area contributed by atoms with Crippen molar-refractivity contribution in [3.05, 3.63) is 42.0 Å². The summed E-state index contributed by atoms with van der Waals surface area (Å²) in [6, 6.07) is 5.19. The Kier molecular flexibility index (Phi) is 6.09. The number of carbonyl (C=O) groups is 3. The fraction of sp³-hybridized carbons (Fsp3) is 0.633. The molecule has 3 saturated carbocycles. The van der Waals surface area contributed by atoms with Gasteiger partial charge in [-0.3, -0.25) is 9.59 Å². The van der Waals surface area contributed by atoms with Gasteiger partial charge >= 0.3 is 6.09 Å². The standard InChI is InChI=1S/C30H40N2O5/c1-6-28(4)16-23(37-27(36)32-14-11-19-7-8-20(31)15-21(19)26(32)35)29(5)17(2)9-12-30(18(3)25(28)34)13-10-22(33)24(29)30/h6-8,15,17-18,23-25,34H,1,9-14,16,31H2,2-5H3/t17-,18+,23-,24+,25+,28-,29+,30+/m1/s1. The molecular weight excluding hydrogens is 468 g/mol. The van der Waals surface area contributed by atoms with Crippen LogP contribution in [0, 0.1) is 34.0 Å². The van der Waals surface area contributed by atoms with Gasteiger partial charge in [0.2, 0.25) is 0 Å². The summed E-state index contributed by atoms with van der Waals surface area (Å²) in [5, 5.41) is 11.7. The van der Waals surface area contributed by atoms with E-state index in [0.29, 0.717) is 30.5 Å². The number of rotatable bonds is 2. The number of ether oxygens (including phenoxy) is 1. The predicted molar refractivity (Wildman–Crippen MR) is 141 cm³/mol. The lowest BCUT2D eigenvalue weighted by molar-refractivity contribution is -0.192. The van der Waals surface area contributed by atoms with E-state index in [1.54, 1.807) is 18.2 Å². The minimum absolute atomic E-state index is 0.0962. The first-order valence-corrected chi connectivity index (χ1v) is 13.6. The van der Waals surface area contributed by atoms with Crippen molar-refractivity contribution in [3.8, 4) is 0 Å². The van der Waals surface area contributed by atoms with Crippen LogP contribution in [0.2, 0.25) is 0 Å². The first kappa shape index (κ1) is 26.0. The smallest absolute Gasteiger partial charge is 0.417 e. The van der Waals surface area contributed by atoms with Gasteiger partial charge in [-0.2, -0.15) is 0 Å². The van der Waals surface area contributed by atoms with E-state index in [2.05, 4.69) is 27.4 Å². The summed E-state index contributed by atoms with van der Waals surface area (Å²) in [6.45, 7) is 12.6. The first-order valence-electron chi connectivity index (χ1n) is 13.6. The lowest BCUT2D eigenvalue weighted by Crippen LogP contribution is -2.63. The molecule has 0 saturated heterocycles. The van der Waals surface area contributed by atoms with Crippen LogP contribution in [0.5, 0.6) is 0 Å². The van der Waals surface area contributed by atoms with Crippen molar-refractivity contribution < 1.29 is 24.2 Å². The molecule has 7 nitrogen and oxygen atoms in total. The quantitative estimate of drug-likeness (QED) is 0.440. The largest absolute Gasteiger partial charge is 0.445 e. The van der Waals surface area contributed by atoms with E-state index < -0.39 is 35.0 Å². The minimum atomic E-state index is -0.732. The van der Waals surface area contributed by atoms with Crippen LogP contribution >= 0.6 is 0 Å². The number of nitrogens with two attached hydrogens (primary N) is 1. The van der Waals surface area contributed by atoms with Crippen LogP contribution in [0.15, 0.2) is 30.9 Å². The van der Waals surface area contributed by atoms with Crippen molar-refractivity contribution in [1.29, 1.82) is 0 Å². The highest BCUT2D eigenvalue weighted by atomic mass is 16.6. The molecule has 0 radical (unpaired) electrons.